The topological polar surface area (TPSA) is 58.6 Å². The summed E-state index contributed by atoms with van der Waals surface area (Å²) in [6, 6.07) is 9.05. The van der Waals surface area contributed by atoms with E-state index < -0.39 is 6.09 Å². The van der Waals surface area contributed by atoms with Crippen LogP contribution in [0.3, 0.4) is 0 Å². The molecule has 0 spiro atoms. The number of hydrogen-bond donors (Lipinski definition) is 1. The summed E-state index contributed by atoms with van der Waals surface area (Å²) in [5, 5.41) is 2.85. The van der Waals surface area contributed by atoms with Gasteiger partial charge in [0.05, 0.1) is 7.11 Å². The van der Waals surface area contributed by atoms with Crippen LogP contribution in [0.5, 0.6) is 0 Å². The molecule has 0 bridgehead atoms. The molecule has 28 heavy (non-hydrogen) atoms. The van der Waals surface area contributed by atoms with E-state index in [9.17, 15) is 9.59 Å². The minimum absolute atomic E-state index is 0.0139. The van der Waals surface area contributed by atoms with E-state index in [1.165, 1.54) is 24.7 Å². The number of fused-ring (bicyclic) bond motifs is 1. The monoisotopic (exact) mass is 384 g/mol. The molecule has 152 valence electrons. The van der Waals surface area contributed by atoms with Gasteiger partial charge in [-0.3, -0.25) is 4.79 Å². The summed E-state index contributed by atoms with van der Waals surface area (Å²) in [6.07, 6.45) is 2.15. The number of nitrogens with one attached hydrogen (secondary N) is 1. The maximum atomic E-state index is 13.0. The highest BCUT2D eigenvalue weighted by Gasteiger charge is 2.62. The van der Waals surface area contributed by atoms with Gasteiger partial charge in [0.1, 0.15) is 0 Å². The lowest BCUT2D eigenvalue weighted by Gasteiger charge is -2.45. The quantitative estimate of drug-likeness (QED) is 0.866. The number of rotatable bonds is 3. The molecule has 3 aliphatic rings. The van der Waals surface area contributed by atoms with E-state index in [2.05, 4.69) is 60.0 Å². The first-order chi connectivity index (χ1) is 13.1. The number of alkyl carbamates (subject to hydrolysis) is 1. The Balaban J connectivity index is 1.37. The largest absolute Gasteiger partial charge is 0.453 e. The van der Waals surface area contributed by atoms with Crippen molar-refractivity contribution < 1.29 is 14.3 Å². The summed E-state index contributed by atoms with van der Waals surface area (Å²) in [7, 11) is 1.37. The van der Waals surface area contributed by atoms with Crippen LogP contribution in [-0.4, -0.2) is 42.6 Å². The van der Waals surface area contributed by atoms with Gasteiger partial charge < -0.3 is 15.0 Å². The number of benzene rings is 1. The molecule has 2 unspecified atom stereocenters. The molecule has 1 aliphatic heterocycles. The molecular weight excluding hydrogens is 352 g/mol. The zero-order chi connectivity index (χ0) is 20.3. The molecule has 4 rings (SSSR count). The van der Waals surface area contributed by atoms with Crippen LogP contribution in [0.15, 0.2) is 24.3 Å². The van der Waals surface area contributed by atoms with Crippen LogP contribution in [-0.2, 0) is 20.4 Å². The fraction of sp³-hybridized carbons (Fsp3) is 0.652. The average molecular weight is 385 g/mol. The van der Waals surface area contributed by atoms with Gasteiger partial charge in [0.2, 0.25) is 5.91 Å². The number of amides is 2. The van der Waals surface area contributed by atoms with Gasteiger partial charge in [-0.1, -0.05) is 45.0 Å². The number of hydrogen-bond acceptors (Lipinski definition) is 3. The fourth-order valence-corrected chi connectivity index (χ4v) is 5.26. The van der Waals surface area contributed by atoms with Crippen LogP contribution >= 0.6 is 0 Å². The van der Waals surface area contributed by atoms with Crippen LogP contribution in [0.4, 0.5) is 4.79 Å². The van der Waals surface area contributed by atoms with Gasteiger partial charge in [0.25, 0.3) is 0 Å². The number of methoxy groups -OCH3 is 1. The van der Waals surface area contributed by atoms with Crippen molar-refractivity contribution in [1.29, 1.82) is 0 Å². The number of carbonyl (C=O) groups excluding carboxylic acids is 2. The normalized spacial score (nSPS) is 33.7. The molecule has 5 heteroatoms. The molecule has 2 saturated carbocycles. The third-order valence-corrected chi connectivity index (χ3v) is 7.12. The van der Waals surface area contributed by atoms with E-state index in [0.717, 1.165) is 13.1 Å². The third kappa shape index (κ3) is 3.19. The first-order valence-electron chi connectivity index (χ1n) is 10.3. The highest BCUT2D eigenvalue weighted by molar-refractivity contribution is 5.82. The van der Waals surface area contributed by atoms with Gasteiger partial charge in [0.15, 0.2) is 0 Å². The minimum Gasteiger partial charge on any atom is -0.453 e. The van der Waals surface area contributed by atoms with Crippen LogP contribution in [0, 0.1) is 11.8 Å². The second-order valence-corrected chi connectivity index (χ2v) is 10.4. The lowest BCUT2D eigenvalue weighted by molar-refractivity contribution is -0.140. The van der Waals surface area contributed by atoms with Crippen LogP contribution in [0.1, 0.15) is 58.1 Å². The van der Waals surface area contributed by atoms with E-state index in [-0.39, 0.29) is 28.2 Å². The molecule has 1 aromatic rings. The van der Waals surface area contributed by atoms with E-state index in [1.54, 1.807) is 0 Å². The summed E-state index contributed by atoms with van der Waals surface area (Å²) >= 11 is 0. The van der Waals surface area contributed by atoms with E-state index in [0.29, 0.717) is 18.8 Å². The van der Waals surface area contributed by atoms with Gasteiger partial charge in [-0.2, -0.15) is 0 Å². The van der Waals surface area contributed by atoms with Crippen molar-refractivity contribution in [2.75, 3.05) is 20.2 Å². The predicted molar refractivity (Wildman–Crippen MR) is 108 cm³/mol. The zero-order valence-electron chi connectivity index (χ0n) is 17.7. The SMILES string of the molecule is COC(=O)N[C@]1(C)C[C@H](C(=O)N2CC3CC3(c3ccc(C(C)(C)C)cc3)C2)C1. The molecule has 1 N–H and O–H groups in total. The molecule has 2 amide bonds. The van der Waals surface area contributed by atoms with E-state index in [1.807, 2.05) is 6.92 Å². The Morgan fingerprint density at radius 2 is 1.79 bits per heavy atom. The maximum absolute atomic E-state index is 13.0. The Morgan fingerprint density at radius 1 is 1.14 bits per heavy atom. The maximum Gasteiger partial charge on any atom is 0.407 e. The zero-order valence-corrected chi connectivity index (χ0v) is 17.7. The average Bonchev–Trinajstić information content (AvgIpc) is 3.19. The van der Waals surface area contributed by atoms with Crippen molar-refractivity contribution in [1.82, 2.24) is 10.2 Å². The highest BCUT2D eigenvalue weighted by atomic mass is 16.5. The fourth-order valence-electron chi connectivity index (χ4n) is 5.26. The minimum atomic E-state index is -0.423. The summed E-state index contributed by atoms with van der Waals surface area (Å²) in [4.78, 5) is 26.5. The summed E-state index contributed by atoms with van der Waals surface area (Å²) in [6.45, 7) is 10.4. The Kier molecular flexibility index (Phi) is 4.29. The molecular formula is C23H32N2O3. The molecule has 0 radical (unpaired) electrons. The molecule has 5 nitrogen and oxygen atoms in total. The lowest BCUT2D eigenvalue weighted by atomic mass is 9.69. The van der Waals surface area contributed by atoms with Crippen LogP contribution in [0.2, 0.25) is 0 Å². The number of ether oxygens (including phenoxy) is 1. The highest BCUT2D eigenvalue weighted by Crippen LogP contribution is 2.59. The summed E-state index contributed by atoms with van der Waals surface area (Å²) < 4.78 is 4.68. The predicted octanol–water partition coefficient (Wildman–Crippen LogP) is 3.61. The lowest BCUT2D eigenvalue weighted by Crippen LogP contribution is -2.58. The Hall–Kier alpha value is -2.04. The molecule has 3 fully saturated rings. The summed E-state index contributed by atoms with van der Waals surface area (Å²) in [5.74, 6) is 0.860. The molecule has 1 saturated heterocycles. The number of nitrogens with zero attached hydrogens (tertiary/aromatic N) is 1. The van der Waals surface area contributed by atoms with Crippen molar-refractivity contribution >= 4 is 12.0 Å². The number of likely N-dealkylation sites (tertiary alicyclic amines) is 1. The van der Waals surface area contributed by atoms with Gasteiger partial charge in [-0.05, 0) is 48.6 Å². The van der Waals surface area contributed by atoms with Gasteiger partial charge in [-0.15, -0.1) is 0 Å². The second kappa shape index (κ2) is 6.23. The number of piperidine rings is 1. The van der Waals surface area contributed by atoms with Crippen molar-refractivity contribution in [3.63, 3.8) is 0 Å². The molecule has 1 heterocycles. The van der Waals surface area contributed by atoms with Crippen molar-refractivity contribution in [3.8, 4) is 0 Å². The van der Waals surface area contributed by atoms with Crippen molar-refractivity contribution in [2.24, 2.45) is 11.8 Å². The van der Waals surface area contributed by atoms with Crippen LogP contribution < -0.4 is 5.32 Å². The summed E-state index contributed by atoms with van der Waals surface area (Å²) in [5.41, 5.74) is 2.74. The molecule has 1 aromatic carbocycles. The Morgan fingerprint density at radius 3 is 2.36 bits per heavy atom. The van der Waals surface area contributed by atoms with E-state index in [4.69, 9.17) is 0 Å². The Bertz CT molecular complexity index is 789. The molecule has 2 aliphatic carbocycles. The Labute approximate surface area is 167 Å². The molecule has 2 atom stereocenters. The second-order valence-electron chi connectivity index (χ2n) is 10.4. The van der Waals surface area contributed by atoms with E-state index >= 15 is 0 Å². The van der Waals surface area contributed by atoms with Gasteiger partial charge >= 0.3 is 6.09 Å². The van der Waals surface area contributed by atoms with Gasteiger partial charge in [0, 0.05) is 30.0 Å². The smallest absolute Gasteiger partial charge is 0.407 e. The standard InChI is InChI=1S/C23H32N2O3/c1-21(2,3)16-6-8-17(9-7-16)23-12-18(23)13-25(14-23)19(26)15-10-22(4,11-15)24-20(27)28-5/h6-9,15,18H,10-14H2,1-5H3,(H,24,27)/t15-,18?,22+,23?. The van der Waals surface area contributed by atoms with Crippen molar-refractivity contribution in [2.45, 2.75) is 63.3 Å². The third-order valence-electron chi connectivity index (χ3n) is 7.12. The van der Waals surface area contributed by atoms with Crippen LogP contribution in [0.25, 0.3) is 0 Å². The molecule has 0 aromatic heterocycles. The van der Waals surface area contributed by atoms with Gasteiger partial charge in [-0.25, -0.2) is 4.79 Å². The first-order valence-corrected chi connectivity index (χ1v) is 10.3. The van der Waals surface area contributed by atoms with Crippen molar-refractivity contribution in [3.05, 3.63) is 35.4 Å². The number of carbonyl (C=O) groups is 2. The first kappa shape index (κ1) is 19.3.